The summed E-state index contributed by atoms with van der Waals surface area (Å²) in [6.07, 6.45) is 9.58. The maximum Gasteiger partial charge on any atom is 0.243 e. The van der Waals surface area contributed by atoms with E-state index in [4.69, 9.17) is 0 Å². The maximum absolute atomic E-state index is 12.5. The molecule has 1 N–H and O–H groups in total. The van der Waals surface area contributed by atoms with Crippen LogP contribution in [-0.2, 0) is 4.79 Å². The van der Waals surface area contributed by atoms with E-state index in [0.717, 1.165) is 12.1 Å². The molecule has 3 atom stereocenters. The predicted octanol–water partition coefficient (Wildman–Crippen LogP) is 1.97. The molecule has 102 valence electrons. The van der Waals surface area contributed by atoms with Gasteiger partial charge in [-0.2, -0.15) is 0 Å². The highest BCUT2D eigenvalue weighted by molar-refractivity contribution is 5.96. The minimum absolute atomic E-state index is 0.00809. The number of nitrogens with one attached hydrogen (secondary N) is 1. The molecule has 0 radical (unpaired) electrons. The summed E-state index contributed by atoms with van der Waals surface area (Å²) < 4.78 is 0. The largest absolute Gasteiger partial charge is 0.314 e. The second kappa shape index (κ2) is 5.29. The van der Waals surface area contributed by atoms with Crippen molar-refractivity contribution < 1.29 is 4.79 Å². The van der Waals surface area contributed by atoms with Gasteiger partial charge in [-0.25, -0.2) is 0 Å². The number of fused-ring (bicyclic) bond motifs is 1. The second-order valence-electron chi connectivity index (χ2n) is 5.71. The molecule has 1 aliphatic heterocycles. The van der Waals surface area contributed by atoms with Crippen molar-refractivity contribution in [3.63, 3.8) is 0 Å². The zero-order valence-corrected chi connectivity index (χ0v) is 11.4. The van der Waals surface area contributed by atoms with Crippen molar-refractivity contribution in [3.05, 3.63) is 24.5 Å². The van der Waals surface area contributed by atoms with Crippen LogP contribution in [-0.4, -0.2) is 30.0 Å². The number of nitrogens with zero attached hydrogens (tertiary/aromatic N) is 2. The van der Waals surface area contributed by atoms with E-state index in [1.54, 1.807) is 17.3 Å². The molecule has 1 saturated heterocycles. The van der Waals surface area contributed by atoms with Gasteiger partial charge in [-0.3, -0.25) is 9.78 Å². The van der Waals surface area contributed by atoms with E-state index in [-0.39, 0.29) is 11.9 Å². The lowest BCUT2D eigenvalue weighted by atomic mass is 9.85. The topological polar surface area (TPSA) is 45.2 Å². The van der Waals surface area contributed by atoms with Gasteiger partial charge in [0.1, 0.15) is 0 Å². The van der Waals surface area contributed by atoms with Crippen molar-refractivity contribution in [2.75, 3.05) is 11.9 Å². The van der Waals surface area contributed by atoms with E-state index in [9.17, 15) is 4.79 Å². The molecule has 0 aromatic carbocycles. The van der Waals surface area contributed by atoms with E-state index < -0.39 is 0 Å². The van der Waals surface area contributed by atoms with Crippen LogP contribution in [0.3, 0.4) is 0 Å². The van der Waals surface area contributed by atoms with Gasteiger partial charge in [-0.1, -0.05) is 12.8 Å². The first-order valence-corrected chi connectivity index (χ1v) is 7.19. The molecule has 1 aliphatic carbocycles. The Morgan fingerprint density at radius 2 is 2.05 bits per heavy atom. The SMILES string of the molecule is CN(C(=O)C1CC2CCCCC2N1)c1ccncc1. The predicted molar refractivity (Wildman–Crippen MR) is 74.9 cm³/mol. The number of hydrogen-bond donors (Lipinski definition) is 1. The van der Waals surface area contributed by atoms with Gasteiger partial charge in [-0.05, 0) is 37.3 Å². The maximum atomic E-state index is 12.5. The first kappa shape index (κ1) is 12.6. The number of carbonyl (C=O) groups is 1. The van der Waals surface area contributed by atoms with E-state index in [0.29, 0.717) is 12.0 Å². The average Bonchev–Trinajstić information content (AvgIpc) is 2.90. The summed E-state index contributed by atoms with van der Waals surface area (Å²) in [5.41, 5.74) is 0.914. The third-order valence-electron chi connectivity index (χ3n) is 4.54. The zero-order valence-electron chi connectivity index (χ0n) is 11.4. The Hall–Kier alpha value is -1.42. The van der Waals surface area contributed by atoms with Crippen LogP contribution in [0, 0.1) is 5.92 Å². The van der Waals surface area contributed by atoms with Crippen molar-refractivity contribution in [1.29, 1.82) is 0 Å². The molecule has 4 nitrogen and oxygen atoms in total. The summed E-state index contributed by atoms with van der Waals surface area (Å²) in [7, 11) is 1.85. The van der Waals surface area contributed by atoms with E-state index in [1.807, 2.05) is 19.2 Å². The van der Waals surface area contributed by atoms with Crippen LogP contribution in [0.25, 0.3) is 0 Å². The third-order valence-corrected chi connectivity index (χ3v) is 4.54. The molecule has 1 saturated carbocycles. The summed E-state index contributed by atoms with van der Waals surface area (Å²) >= 11 is 0. The number of anilines is 1. The number of aromatic nitrogens is 1. The number of amides is 1. The van der Waals surface area contributed by atoms with Crippen LogP contribution in [0.4, 0.5) is 5.69 Å². The summed E-state index contributed by atoms with van der Waals surface area (Å²) in [5.74, 6) is 0.883. The van der Waals surface area contributed by atoms with Gasteiger partial charge in [0.05, 0.1) is 6.04 Å². The van der Waals surface area contributed by atoms with E-state index in [2.05, 4.69) is 10.3 Å². The van der Waals surface area contributed by atoms with Gasteiger partial charge in [-0.15, -0.1) is 0 Å². The lowest BCUT2D eigenvalue weighted by molar-refractivity contribution is -0.120. The molecule has 3 rings (SSSR count). The fraction of sp³-hybridized carbons (Fsp3) is 0.600. The van der Waals surface area contributed by atoms with Crippen LogP contribution >= 0.6 is 0 Å². The van der Waals surface area contributed by atoms with Crippen LogP contribution in [0.2, 0.25) is 0 Å². The summed E-state index contributed by atoms with van der Waals surface area (Å²) in [5, 5.41) is 3.54. The first-order valence-electron chi connectivity index (χ1n) is 7.19. The van der Waals surface area contributed by atoms with Gasteiger partial charge in [0.2, 0.25) is 5.91 Å². The average molecular weight is 259 g/mol. The highest BCUT2D eigenvalue weighted by Gasteiger charge is 2.39. The summed E-state index contributed by atoms with van der Waals surface area (Å²) in [4.78, 5) is 18.3. The molecule has 2 heterocycles. The van der Waals surface area contributed by atoms with Crippen molar-refractivity contribution in [1.82, 2.24) is 10.3 Å². The summed E-state index contributed by atoms with van der Waals surface area (Å²) in [6.45, 7) is 0. The molecule has 3 unspecified atom stereocenters. The van der Waals surface area contributed by atoms with Crippen molar-refractivity contribution in [3.8, 4) is 0 Å². The molecule has 2 aliphatic rings. The van der Waals surface area contributed by atoms with Gasteiger partial charge >= 0.3 is 0 Å². The molecule has 1 aromatic heterocycles. The quantitative estimate of drug-likeness (QED) is 0.883. The Kier molecular flexibility index (Phi) is 3.51. The van der Waals surface area contributed by atoms with Crippen molar-refractivity contribution >= 4 is 11.6 Å². The Morgan fingerprint density at radius 1 is 1.32 bits per heavy atom. The number of carbonyl (C=O) groups excluding carboxylic acids is 1. The molecular weight excluding hydrogens is 238 g/mol. The van der Waals surface area contributed by atoms with Crippen LogP contribution in [0.15, 0.2) is 24.5 Å². The van der Waals surface area contributed by atoms with Crippen LogP contribution in [0.5, 0.6) is 0 Å². The lowest BCUT2D eigenvalue weighted by Crippen LogP contribution is -2.44. The summed E-state index contributed by atoms with van der Waals surface area (Å²) in [6, 6.07) is 4.31. The fourth-order valence-electron chi connectivity index (χ4n) is 3.44. The normalized spacial score (nSPS) is 29.8. The van der Waals surface area contributed by atoms with Crippen molar-refractivity contribution in [2.45, 2.75) is 44.2 Å². The molecule has 0 bridgehead atoms. The zero-order chi connectivity index (χ0) is 13.2. The minimum atomic E-state index is -0.00809. The van der Waals surface area contributed by atoms with Gasteiger partial charge in [0.15, 0.2) is 0 Å². The number of rotatable bonds is 2. The smallest absolute Gasteiger partial charge is 0.243 e. The second-order valence-corrected chi connectivity index (χ2v) is 5.71. The molecular formula is C15H21N3O. The standard InChI is InChI=1S/C15H21N3O/c1-18(12-6-8-16-9-7-12)15(19)14-10-11-4-2-3-5-13(11)17-14/h6-9,11,13-14,17H,2-5,10H2,1H3. The molecule has 1 aromatic rings. The Labute approximate surface area is 114 Å². The van der Waals surface area contributed by atoms with Gasteiger partial charge in [0, 0.05) is 31.2 Å². The molecule has 4 heteroatoms. The van der Waals surface area contributed by atoms with Gasteiger partial charge < -0.3 is 10.2 Å². The molecule has 0 spiro atoms. The highest BCUT2D eigenvalue weighted by atomic mass is 16.2. The van der Waals surface area contributed by atoms with E-state index >= 15 is 0 Å². The number of hydrogen-bond acceptors (Lipinski definition) is 3. The number of likely N-dealkylation sites (N-methyl/N-ethyl adjacent to an activating group) is 1. The minimum Gasteiger partial charge on any atom is -0.314 e. The molecule has 1 amide bonds. The monoisotopic (exact) mass is 259 g/mol. The van der Waals surface area contributed by atoms with E-state index in [1.165, 1.54) is 25.7 Å². The Morgan fingerprint density at radius 3 is 2.79 bits per heavy atom. The third kappa shape index (κ3) is 2.50. The molecule has 19 heavy (non-hydrogen) atoms. The fourth-order valence-corrected chi connectivity index (χ4v) is 3.44. The first-order chi connectivity index (χ1) is 9.25. The van der Waals surface area contributed by atoms with Crippen LogP contribution < -0.4 is 10.2 Å². The van der Waals surface area contributed by atoms with Crippen molar-refractivity contribution in [2.24, 2.45) is 5.92 Å². The molecule has 2 fully saturated rings. The Bertz CT molecular complexity index is 434. The highest BCUT2D eigenvalue weighted by Crippen LogP contribution is 2.33. The lowest BCUT2D eigenvalue weighted by Gasteiger charge is -2.24. The van der Waals surface area contributed by atoms with Crippen LogP contribution in [0.1, 0.15) is 32.1 Å². The van der Waals surface area contributed by atoms with Gasteiger partial charge in [0.25, 0.3) is 0 Å². The Balaban J connectivity index is 1.68. The number of pyridine rings is 1.